The van der Waals surface area contributed by atoms with Crippen molar-refractivity contribution in [3.8, 4) is 28.7 Å². The molecule has 6 rings (SSSR count). The first-order valence-electron chi connectivity index (χ1n) is 12.3. The molecule has 0 radical (unpaired) electrons. The van der Waals surface area contributed by atoms with E-state index >= 15 is 0 Å². The molecule has 0 saturated carbocycles. The van der Waals surface area contributed by atoms with E-state index in [1.165, 1.54) is 6.33 Å². The highest BCUT2D eigenvalue weighted by Crippen LogP contribution is 2.53. The first kappa shape index (κ1) is 25.2. The van der Waals surface area contributed by atoms with Crippen LogP contribution in [0.5, 0.6) is 28.7 Å². The Hall–Kier alpha value is -4.06. The van der Waals surface area contributed by atoms with Crippen molar-refractivity contribution in [3.63, 3.8) is 0 Å². The Balaban J connectivity index is 1.18. The number of hydrogen-bond donors (Lipinski definition) is 1. The van der Waals surface area contributed by atoms with E-state index < -0.39 is 7.60 Å². The fraction of sp³-hybridized carbons (Fsp3) is 0.320. The van der Waals surface area contributed by atoms with E-state index in [2.05, 4.69) is 15.0 Å². The molecule has 0 bridgehead atoms. The molecule has 0 saturated heterocycles. The van der Waals surface area contributed by atoms with Crippen LogP contribution in [0.1, 0.15) is 5.56 Å². The maximum Gasteiger partial charge on any atom is 0.405 e. The fourth-order valence-corrected chi connectivity index (χ4v) is 5.49. The Morgan fingerprint density at radius 1 is 0.923 bits per heavy atom. The molecule has 0 spiro atoms. The molecule has 14 heteroatoms. The van der Waals surface area contributed by atoms with Gasteiger partial charge >= 0.3 is 7.60 Å². The van der Waals surface area contributed by atoms with E-state index in [0.717, 1.165) is 0 Å². The molecule has 0 aliphatic carbocycles. The maximum absolute atomic E-state index is 14.0. The van der Waals surface area contributed by atoms with Gasteiger partial charge in [0, 0.05) is 12.1 Å². The van der Waals surface area contributed by atoms with Crippen LogP contribution in [0.3, 0.4) is 0 Å². The minimum absolute atomic E-state index is 0.0537. The first-order chi connectivity index (χ1) is 19.1. The number of nitrogens with zero attached hydrogens (tertiary/aromatic N) is 4. The Bertz CT molecular complexity index is 1530. The molecule has 2 aromatic heterocycles. The van der Waals surface area contributed by atoms with Gasteiger partial charge in [0.15, 0.2) is 40.8 Å². The van der Waals surface area contributed by atoms with E-state index in [4.69, 9.17) is 38.5 Å². The Morgan fingerprint density at radius 2 is 1.67 bits per heavy atom. The average Bonchev–Trinajstić information content (AvgIpc) is 3.39. The summed E-state index contributed by atoms with van der Waals surface area (Å²) in [4.78, 5) is 12.4. The number of aromatic nitrogens is 4. The van der Waals surface area contributed by atoms with Gasteiger partial charge in [-0.3, -0.25) is 4.52 Å². The van der Waals surface area contributed by atoms with Crippen molar-refractivity contribution in [3.05, 3.63) is 54.6 Å². The molecule has 2 aromatic carbocycles. The van der Waals surface area contributed by atoms with Gasteiger partial charge in [-0.05, 0) is 18.2 Å². The van der Waals surface area contributed by atoms with Gasteiger partial charge in [-0.2, -0.15) is 0 Å². The summed E-state index contributed by atoms with van der Waals surface area (Å²) in [5.41, 5.74) is 7.61. The number of rotatable bonds is 10. The van der Waals surface area contributed by atoms with Gasteiger partial charge in [0.05, 0.1) is 19.5 Å². The van der Waals surface area contributed by atoms with Crippen molar-refractivity contribution in [2.24, 2.45) is 0 Å². The molecule has 2 aliphatic heterocycles. The van der Waals surface area contributed by atoms with Crippen LogP contribution in [0.15, 0.2) is 49.1 Å². The number of nitrogen functional groups attached to an aromatic ring is 1. The highest BCUT2D eigenvalue weighted by Gasteiger charge is 2.31. The standard InChI is InChI=1S/C25H26N5O8P/c26-24-21-25(28-14-27-24)30(15-29-21)7-8-32-16-39(31,38-20-6-2-5-19-23(20)36-12-10-34-19)37-13-17-3-1-4-18-22(17)35-11-9-33-18/h1-6,14-15H,7-13,16H2,(H2,26,27,28). The van der Waals surface area contributed by atoms with Crippen molar-refractivity contribution >= 4 is 24.6 Å². The zero-order valence-electron chi connectivity index (χ0n) is 20.9. The molecule has 13 nitrogen and oxygen atoms in total. The topological polar surface area (TPSA) is 151 Å². The Kier molecular flexibility index (Phi) is 7.10. The van der Waals surface area contributed by atoms with Crippen LogP contribution >= 0.6 is 7.60 Å². The van der Waals surface area contributed by atoms with E-state index in [1.807, 2.05) is 18.2 Å². The number of para-hydroxylation sites is 2. The molecule has 4 aromatic rings. The van der Waals surface area contributed by atoms with Crippen LogP contribution in [0.2, 0.25) is 0 Å². The normalized spacial score (nSPS) is 15.6. The average molecular weight is 555 g/mol. The maximum atomic E-state index is 14.0. The van der Waals surface area contributed by atoms with E-state index in [0.29, 0.717) is 78.5 Å². The summed E-state index contributed by atoms with van der Waals surface area (Å²) in [6.45, 7) is 2.12. The summed E-state index contributed by atoms with van der Waals surface area (Å²) < 4.78 is 56.3. The summed E-state index contributed by atoms with van der Waals surface area (Å²) in [6, 6.07) is 10.6. The van der Waals surface area contributed by atoms with Crippen molar-refractivity contribution in [2.45, 2.75) is 13.2 Å². The van der Waals surface area contributed by atoms with Gasteiger partial charge in [-0.1, -0.05) is 18.2 Å². The second-order valence-corrected chi connectivity index (χ2v) is 10.5. The van der Waals surface area contributed by atoms with E-state index in [9.17, 15) is 4.57 Å². The third-order valence-electron chi connectivity index (χ3n) is 5.99. The van der Waals surface area contributed by atoms with Gasteiger partial charge in [-0.25, -0.2) is 19.5 Å². The Morgan fingerprint density at radius 3 is 2.51 bits per heavy atom. The fourth-order valence-electron chi connectivity index (χ4n) is 4.18. The molecule has 2 N–H and O–H groups in total. The number of ether oxygens (including phenoxy) is 5. The van der Waals surface area contributed by atoms with Crippen molar-refractivity contribution in [1.29, 1.82) is 0 Å². The molecule has 39 heavy (non-hydrogen) atoms. The molecule has 0 amide bonds. The second-order valence-electron chi connectivity index (χ2n) is 8.60. The Labute approximate surface area is 223 Å². The summed E-state index contributed by atoms with van der Waals surface area (Å²) in [7, 11) is -3.88. The minimum Gasteiger partial charge on any atom is -0.486 e. The smallest absolute Gasteiger partial charge is 0.405 e. The van der Waals surface area contributed by atoms with Crippen LogP contribution in [-0.2, 0) is 27.0 Å². The molecule has 204 valence electrons. The summed E-state index contributed by atoms with van der Waals surface area (Å²) >= 11 is 0. The predicted molar refractivity (Wildman–Crippen MR) is 138 cm³/mol. The number of benzene rings is 2. The lowest BCUT2D eigenvalue weighted by molar-refractivity contribution is 0.133. The van der Waals surface area contributed by atoms with Gasteiger partial charge < -0.3 is 38.5 Å². The highest BCUT2D eigenvalue weighted by molar-refractivity contribution is 7.54. The largest absolute Gasteiger partial charge is 0.486 e. The van der Waals surface area contributed by atoms with Crippen LogP contribution in [-0.4, -0.2) is 58.9 Å². The van der Waals surface area contributed by atoms with E-state index in [1.54, 1.807) is 29.1 Å². The highest BCUT2D eigenvalue weighted by atomic mass is 31.2. The van der Waals surface area contributed by atoms with Gasteiger partial charge in [0.25, 0.3) is 0 Å². The molecular formula is C25H26N5O8P. The molecule has 2 aliphatic rings. The summed E-state index contributed by atoms with van der Waals surface area (Å²) in [6.07, 6.45) is 2.64. The lowest BCUT2D eigenvalue weighted by Crippen LogP contribution is -2.17. The molecular weight excluding hydrogens is 529 g/mol. The predicted octanol–water partition coefficient (Wildman–Crippen LogP) is 3.41. The summed E-state index contributed by atoms with van der Waals surface area (Å²) in [5, 5.41) is 0. The van der Waals surface area contributed by atoms with Crippen molar-refractivity contribution in [1.82, 2.24) is 19.5 Å². The van der Waals surface area contributed by atoms with Crippen LogP contribution in [0.25, 0.3) is 11.2 Å². The third-order valence-corrected chi connectivity index (χ3v) is 7.48. The SMILES string of the molecule is Nc1ncnc2c1ncn2CCOCP(=O)(OCc1cccc2c1OCCO2)Oc1cccc2c1OCCO2. The molecule has 1 unspecified atom stereocenters. The van der Waals surface area contributed by atoms with E-state index in [-0.39, 0.29) is 25.3 Å². The molecule has 1 atom stereocenters. The van der Waals surface area contributed by atoms with Crippen LogP contribution < -0.4 is 29.2 Å². The molecule has 4 heterocycles. The van der Waals surface area contributed by atoms with Crippen molar-refractivity contribution < 1.29 is 37.3 Å². The molecule has 0 fully saturated rings. The monoisotopic (exact) mass is 555 g/mol. The lowest BCUT2D eigenvalue weighted by Gasteiger charge is -2.25. The number of hydrogen-bond acceptors (Lipinski definition) is 12. The van der Waals surface area contributed by atoms with Gasteiger partial charge in [-0.15, -0.1) is 0 Å². The quantitative estimate of drug-likeness (QED) is 0.225. The first-order valence-corrected chi connectivity index (χ1v) is 14.0. The number of nitrogens with two attached hydrogens (primary N) is 1. The van der Waals surface area contributed by atoms with Crippen molar-refractivity contribution in [2.75, 3.05) is 45.1 Å². The number of anilines is 1. The summed E-state index contributed by atoms with van der Waals surface area (Å²) in [5.74, 6) is 2.56. The second kappa shape index (κ2) is 11.0. The van der Waals surface area contributed by atoms with Gasteiger partial charge in [0.1, 0.15) is 38.3 Å². The zero-order chi connectivity index (χ0) is 26.7. The van der Waals surface area contributed by atoms with Crippen LogP contribution in [0, 0.1) is 0 Å². The van der Waals surface area contributed by atoms with Crippen LogP contribution in [0.4, 0.5) is 5.82 Å². The third kappa shape index (κ3) is 5.42. The van der Waals surface area contributed by atoms with Gasteiger partial charge in [0.2, 0.25) is 5.75 Å². The zero-order valence-corrected chi connectivity index (χ0v) is 21.7. The minimum atomic E-state index is -3.88. The number of imidazole rings is 1. The lowest BCUT2D eigenvalue weighted by atomic mass is 10.2. The number of fused-ring (bicyclic) bond motifs is 3.